The molecule has 0 unspecified atom stereocenters. The number of nitrogens with two attached hydrogens (primary N) is 1. The number of nitrogens with zero attached hydrogens (tertiary/aromatic N) is 3. The van der Waals surface area contributed by atoms with Gasteiger partial charge in [-0.25, -0.2) is 23.1 Å². The second kappa shape index (κ2) is 5.82. The number of sulfonamides is 1. The summed E-state index contributed by atoms with van der Waals surface area (Å²) in [4.78, 5) is 4.10. The Kier molecular flexibility index (Phi) is 4.02. The van der Waals surface area contributed by atoms with E-state index in [4.69, 9.17) is 14.6 Å². The summed E-state index contributed by atoms with van der Waals surface area (Å²) in [5.41, 5.74) is 0.190. The first-order valence-electron chi connectivity index (χ1n) is 6.97. The van der Waals surface area contributed by atoms with Gasteiger partial charge in [-0.05, 0) is 18.9 Å². The van der Waals surface area contributed by atoms with Crippen molar-refractivity contribution in [2.24, 2.45) is 10.6 Å². The minimum absolute atomic E-state index is 0.114. The molecule has 2 aromatic rings. The molecule has 22 heavy (non-hydrogen) atoms. The van der Waals surface area contributed by atoms with Crippen LogP contribution >= 0.6 is 0 Å². The standard InChI is InChI=1S/C13H18N4O4S/c14-22(18,19)10-13(3-7-20-8-4-13)9-21-12-2-1-11-15-5-6-17(11)16-12/h1-2,5-6H,3-4,7-10H2,(H2,14,18,19). The molecule has 1 aliphatic rings. The van der Waals surface area contributed by atoms with Crippen LogP contribution in [0.25, 0.3) is 5.65 Å². The fraction of sp³-hybridized carbons (Fsp3) is 0.538. The normalized spacial score (nSPS) is 18.4. The van der Waals surface area contributed by atoms with E-state index in [0.717, 1.165) is 5.65 Å². The molecule has 0 saturated carbocycles. The summed E-state index contributed by atoms with van der Waals surface area (Å²) in [5.74, 6) is 0.308. The summed E-state index contributed by atoms with van der Waals surface area (Å²) in [5, 5.41) is 9.50. The summed E-state index contributed by atoms with van der Waals surface area (Å²) in [7, 11) is -3.58. The van der Waals surface area contributed by atoms with Crippen molar-refractivity contribution in [1.82, 2.24) is 14.6 Å². The van der Waals surface area contributed by atoms with Crippen molar-refractivity contribution in [1.29, 1.82) is 0 Å². The first-order valence-corrected chi connectivity index (χ1v) is 8.69. The molecular formula is C13H18N4O4S. The van der Waals surface area contributed by atoms with Gasteiger partial charge in [0.25, 0.3) is 0 Å². The second-order valence-corrected chi connectivity index (χ2v) is 7.22. The Morgan fingerprint density at radius 2 is 2.14 bits per heavy atom. The van der Waals surface area contributed by atoms with Crippen LogP contribution in [0.4, 0.5) is 0 Å². The Morgan fingerprint density at radius 1 is 1.36 bits per heavy atom. The molecule has 0 bridgehead atoms. The molecule has 9 heteroatoms. The molecule has 0 aliphatic carbocycles. The minimum atomic E-state index is -3.58. The maximum Gasteiger partial charge on any atom is 0.231 e. The third-order valence-corrected chi connectivity index (χ3v) is 4.83. The van der Waals surface area contributed by atoms with Gasteiger partial charge in [-0.3, -0.25) is 0 Å². The molecule has 2 N–H and O–H groups in total. The van der Waals surface area contributed by atoms with E-state index in [9.17, 15) is 8.42 Å². The van der Waals surface area contributed by atoms with E-state index < -0.39 is 15.4 Å². The molecule has 2 aromatic heterocycles. The highest BCUT2D eigenvalue weighted by molar-refractivity contribution is 7.89. The molecular weight excluding hydrogens is 308 g/mol. The molecule has 1 saturated heterocycles. The van der Waals surface area contributed by atoms with Crippen LogP contribution in [0.3, 0.4) is 0 Å². The zero-order valence-corrected chi connectivity index (χ0v) is 12.8. The van der Waals surface area contributed by atoms with Gasteiger partial charge >= 0.3 is 0 Å². The van der Waals surface area contributed by atoms with Gasteiger partial charge in [0.2, 0.25) is 15.9 Å². The summed E-state index contributed by atoms with van der Waals surface area (Å²) in [6.07, 6.45) is 4.55. The monoisotopic (exact) mass is 326 g/mol. The number of aromatic nitrogens is 3. The first kappa shape index (κ1) is 15.2. The Morgan fingerprint density at radius 3 is 2.86 bits per heavy atom. The fourth-order valence-electron chi connectivity index (χ4n) is 2.66. The van der Waals surface area contributed by atoms with Crippen molar-refractivity contribution in [2.45, 2.75) is 12.8 Å². The van der Waals surface area contributed by atoms with Crippen molar-refractivity contribution in [3.05, 3.63) is 24.5 Å². The fourth-order valence-corrected chi connectivity index (χ4v) is 3.89. The zero-order valence-electron chi connectivity index (χ0n) is 12.0. The lowest BCUT2D eigenvalue weighted by Gasteiger charge is -2.35. The predicted molar refractivity (Wildman–Crippen MR) is 78.9 cm³/mol. The Hall–Kier alpha value is -1.71. The van der Waals surface area contributed by atoms with Crippen LogP contribution in [0.1, 0.15) is 12.8 Å². The number of hydrogen-bond acceptors (Lipinski definition) is 6. The Bertz CT molecular complexity index is 752. The number of rotatable bonds is 5. The molecule has 3 rings (SSSR count). The SMILES string of the molecule is NS(=O)(=O)CC1(COc2ccc3nccn3n2)CCOCC1. The molecule has 0 atom stereocenters. The largest absolute Gasteiger partial charge is 0.476 e. The Labute approximate surface area is 128 Å². The molecule has 0 radical (unpaired) electrons. The highest BCUT2D eigenvalue weighted by Gasteiger charge is 2.37. The topological polar surface area (TPSA) is 109 Å². The average Bonchev–Trinajstić information content (AvgIpc) is 2.92. The van der Waals surface area contributed by atoms with Gasteiger partial charge in [-0.2, -0.15) is 0 Å². The van der Waals surface area contributed by atoms with Crippen LogP contribution in [0.15, 0.2) is 24.5 Å². The van der Waals surface area contributed by atoms with Crippen molar-refractivity contribution < 1.29 is 17.9 Å². The second-order valence-electron chi connectivity index (χ2n) is 5.61. The number of primary sulfonamides is 1. The van der Waals surface area contributed by atoms with Gasteiger partial charge in [0.05, 0.1) is 12.4 Å². The molecule has 0 spiro atoms. The maximum atomic E-state index is 11.5. The molecule has 1 aliphatic heterocycles. The zero-order chi connectivity index (χ0) is 15.6. The molecule has 1 fully saturated rings. The molecule has 3 heterocycles. The first-order chi connectivity index (χ1) is 10.5. The Balaban J connectivity index is 1.75. The van der Waals surface area contributed by atoms with Gasteiger partial charge in [0.1, 0.15) is 0 Å². The summed E-state index contributed by atoms with van der Waals surface area (Å²) in [6.45, 7) is 1.25. The minimum Gasteiger partial charge on any atom is -0.476 e. The van der Waals surface area contributed by atoms with E-state index in [1.165, 1.54) is 0 Å². The van der Waals surface area contributed by atoms with Crippen molar-refractivity contribution in [3.63, 3.8) is 0 Å². The lowest BCUT2D eigenvalue weighted by atomic mass is 9.83. The van der Waals surface area contributed by atoms with Crippen LogP contribution in [-0.4, -0.2) is 48.6 Å². The van der Waals surface area contributed by atoms with E-state index >= 15 is 0 Å². The van der Waals surface area contributed by atoms with Gasteiger partial charge in [0, 0.05) is 37.1 Å². The van der Waals surface area contributed by atoms with Crippen LogP contribution in [0.5, 0.6) is 5.88 Å². The number of imidazole rings is 1. The molecule has 0 aromatic carbocycles. The lowest BCUT2D eigenvalue weighted by molar-refractivity contribution is 0.00105. The lowest BCUT2D eigenvalue weighted by Crippen LogP contribution is -2.42. The maximum absolute atomic E-state index is 11.5. The highest BCUT2D eigenvalue weighted by Crippen LogP contribution is 2.32. The van der Waals surface area contributed by atoms with E-state index in [2.05, 4.69) is 10.1 Å². The smallest absolute Gasteiger partial charge is 0.231 e. The molecule has 120 valence electrons. The van der Waals surface area contributed by atoms with Crippen molar-refractivity contribution >= 4 is 15.7 Å². The van der Waals surface area contributed by atoms with Crippen LogP contribution in [-0.2, 0) is 14.8 Å². The predicted octanol–water partition coefficient (Wildman–Crippen LogP) is 0.193. The summed E-state index contributed by atoms with van der Waals surface area (Å²) in [6, 6.07) is 3.50. The van der Waals surface area contributed by atoms with E-state index in [1.807, 2.05) is 0 Å². The van der Waals surface area contributed by atoms with E-state index in [1.54, 1.807) is 29.0 Å². The van der Waals surface area contributed by atoms with Crippen LogP contribution in [0, 0.1) is 5.41 Å². The van der Waals surface area contributed by atoms with E-state index in [0.29, 0.717) is 31.9 Å². The van der Waals surface area contributed by atoms with Gasteiger partial charge in [-0.1, -0.05) is 0 Å². The number of fused-ring (bicyclic) bond motifs is 1. The number of hydrogen-bond donors (Lipinski definition) is 1. The van der Waals surface area contributed by atoms with Crippen molar-refractivity contribution in [2.75, 3.05) is 25.6 Å². The van der Waals surface area contributed by atoms with Gasteiger partial charge in [0.15, 0.2) is 5.65 Å². The quantitative estimate of drug-likeness (QED) is 0.840. The summed E-state index contributed by atoms with van der Waals surface area (Å²) < 4.78 is 35.7. The third-order valence-electron chi connectivity index (χ3n) is 3.82. The van der Waals surface area contributed by atoms with Crippen LogP contribution < -0.4 is 9.88 Å². The molecule has 8 nitrogen and oxygen atoms in total. The van der Waals surface area contributed by atoms with Gasteiger partial charge in [-0.15, -0.1) is 5.10 Å². The van der Waals surface area contributed by atoms with Crippen molar-refractivity contribution in [3.8, 4) is 5.88 Å². The number of ether oxygens (including phenoxy) is 2. The third kappa shape index (κ3) is 3.54. The molecule has 0 amide bonds. The van der Waals surface area contributed by atoms with Crippen LogP contribution in [0.2, 0.25) is 0 Å². The average molecular weight is 326 g/mol. The summed E-state index contributed by atoms with van der Waals surface area (Å²) >= 11 is 0. The van der Waals surface area contributed by atoms with Gasteiger partial charge < -0.3 is 9.47 Å². The highest BCUT2D eigenvalue weighted by atomic mass is 32.2. The van der Waals surface area contributed by atoms with E-state index in [-0.39, 0.29) is 12.4 Å².